The number of aromatic nitrogens is 1. The van der Waals surface area contributed by atoms with Crippen molar-refractivity contribution in [1.29, 1.82) is 0 Å². The quantitative estimate of drug-likeness (QED) is 0.882. The van der Waals surface area contributed by atoms with Gasteiger partial charge >= 0.3 is 5.97 Å². The normalized spacial score (nSPS) is 10.3. The highest BCUT2D eigenvalue weighted by Crippen LogP contribution is 2.10. The molecule has 2 aromatic rings. The van der Waals surface area contributed by atoms with Crippen molar-refractivity contribution in [2.24, 2.45) is 0 Å². The van der Waals surface area contributed by atoms with Gasteiger partial charge in [-0.1, -0.05) is 0 Å². The molecule has 0 fully saturated rings. The maximum Gasteiger partial charge on any atom is 0.335 e. The monoisotopic (exact) mass is 278 g/mol. The zero-order chi connectivity index (χ0) is 14.5. The van der Waals surface area contributed by atoms with Crippen LogP contribution in [0.1, 0.15) is 15.9 Å². The third-order valence-electron chi connectivity index (χ3n) is 2.65. The highest BCUT2D eigenvalue weighted by atomic mass is 19.1. The Morgan fingerprint density at radius 1 is 1.20 bits per heavy atom. The average molecular weight is 278 g/mol. The van der Waals surface area contributed by atoms with Gasteiger partial charge in [-0.2, -0.15) is 0 Å². The Kier molecular flexibility index (Phi) is 4.24. The summed E-state index contributed by atoms with van der Waals surface area (Å²) in [6.07, 6.45) is 1.78. The zero-order valence-electron chi connectivity index (χ0n) is 10.4. The molecule has 20 heavy (non-hydrogen) atoms. The molecule has 1 aromatic carbocycles. The maximum atomic E-state index is 13.0. The SMILES string of the molecule is O=C(O)c1ccnc(NCCc2cc(F)cc(F)c2)c1. The van der Waals surface area contributed by atoms with E-state index >= 15 is 0 Å². The van der Waals surface area contributed by atoms with Gasteiger partial charge in [-0.15, -0.1) is 0 Å². The molecule has 0 aliphatic rings. The molecule has 0 amide bonds. The van der Waals surface area contributed by atoms with Crippen molar-refractivity contribution >= 4 is 11.8 Å². The summed E-state index contributed by atoms with van der Waals surface area (Å²) in [4.78, 5) is 14.7. The zero-order valence-corrected chi connectivity index (χ0v) is 10.4. The minimum absolute atomic E-state index is 0.124. The Morgan fingerprint density at radius 3 is 2.55 bits per heavy atom. The molecular weight excluding hydrogens is 266 g/mol. The first-order valence-corrected chi connectivity index (χ1v) is 5.93. The molecule has 1 heterocycles. The number of carboxylic acid groups (broad SMARTS) is 1. The van der Waals surface area contributed by atoms with Crippen LogP contribution in [0.2, 0.25) is 0 Å². The van der Waals surface area contributed by atoms with Crippen LogP contribution in [0.25, 0.3) is 0 Å². The molecule has 2 rings (SSSR count). The number of hydrogen-bond donors (Lipinski definition) is 2. The number of benzene rings is 1. The van der Waals surface area contributed by atoms with Crippen LogP contribution in [0.15, 0.2) is 36.5 Å². The second-order valence-electron chi connectivity index (χ2n) is 4.19. The largest absolute Gasteiger partial charge is 0.478 e. The van der Waals surface area contributed by atoms with Gasteiger partial charge in [-0.3, -0.25) is 0 Å². The third kappa shape index (κ3) is 3.74. The number of nitrogens with one attached hydrogen (secondary N) is 1. The molecule has 4 nitrogen and oxygen atoms in total. The maximum absolute atomic E-state index is 13.0. The van der Waals surface area contributed by atoms with Crippen LogP contribution in [0.4, 0.5) is 14.6 Å². The van der Waals surface area contributed by atoms with Gasteiger partial charge < -0.3 is 10.4 Å². The first-order valence-electron chi connectivity index (χ1n) is 5.93. The van der Waals surface area contributed by atoms with Crippen molar-refractivity contribution < 1.29 is 18.7 Å². The molecule has 0 aliphatic heterocycles. The molecule has 0 spiro atoms. The van der Waals surface area contributed by atoms with Crippen molar-refractivity contribution in [2.75, 3.05) is 11.9 Å². The lowest BCUT2D eigenvalue weighted by Gasteiger charge is -2.06. The van der Waals surface area contributed by atoms with Crippen LogP contribution in [-0.2, 0) is 6.42 Å². The Labute approximate surface area is 114 Å². The molecule has 0 saturated heterocycles. The number of nitrogens with zero attached hydrogens (tertiary/aromatic N) is 1. The summed E-state index contributed by atoms with van der Waals surface area (Å²) < 4.78 is 26.0. The number of hydrogen-bond acceptors (Lipinski definition) is 3. The molecule has 0 radical (unpaired) electrons. The van der Waals surface area contributed by atoms with Crippen LogP contribution in [-0.4, -0.2) is 22.6 Å². The topological polar surface area (TPSA) is 62.2 Å². The minimum atomic E-state index is -1.04. The predicted octanol–water partition coefficient (Wildman–Crippen LogP) is 2.71. The van der Waals surface area contributed by atoms with Gasteiger partial charge in [-0.25, -0.2) is 18.6 Å². The number of pyridine rings is 1. The number of rotatable bonds is 5. The molecule has 0 atom stereocenters. The average Bonchev–Trinajstić information content (AvgIpc) is 2.38. The van der Waals surface area contributed by atoms with E-state index in [0.29, 0.717) is 24.3 Å². The molecule has 0 aliphatic carbocycles. The highest BCUT2D eigenvalue weighted by Gasteiger charge is 2.04. The van der Waals surface area contributed by atoms with Crippen molar-refractivity contribution in [1.82, 2.24) is 4.98 Å². The molecule has 2 N–H and O–H groups in total. The lowest BCUT2D eigenvalue weighted by Crippen LogP contribution is -2.08. The van der Waals surface area contributed by atoms with Gasteiger partial charge in [0.05, 0.1) is 5.56 Å². The number of halogens is 2. The predicted molar refractivity (Wildman–Crippen MR) is 69.7 cm³/mol. The standard InChI is InChI=1S/C14H12F2N2O2/c15-11-5-9(6-12(16)8-11)1-3-17-13-7-10(14(19)20)2-4-18-13/h2,4-8H,1,3H2,(H,17,18)(H,19,20). The Balaban J connectivity index is 1.95. The van der Waals surface area contributed by atoms with E-state index in [2.05, 4.69) is 10.3 Å². The van der Waals surface area contributed by atoms with Gasteiger partial charge in [0.15, 0.2) is 0 Å². The molecule has 1 aromatic heterocycles. The second kappa shape index (κ2) is 6.10. The van der Waals surface area contributed by atoms with E-state index in [1.54, 1.807) is 0 Å². The summed E-state index contributed by atoms with van der Waals surface area (Å²) in [5, 5.41) is 11.7. The molecular formula is C14H12F2N2O2. The van der Waals surface area contributed by atoms with Crippen molar-refractivity contribution in [3.05, 3.63) is 59.3 Å². The lowest BCUT2D eigenvalue weighted by molar-refractivity contribution is 0.0697. The minimum Gasteiger partial charge on any atom is -0.478 e. The fraction of sp³-hybridized carbons (Fsp3) is 0.143. The highest BCUT2D eigenvalue weighted by molar-refractivity contribution is 5.88. The van der Waals surface area contributed by atoms with E-state index < -0.39 is 17.6 Å². The third-order valence-corrected chi connectivity index (χ3v) is 2.65. The van der Waals surface area contributed by atoms with Gasteiger partial charge in [-0.05, 0) is 36.2 Å². The van der Waals surface area contributed by atoms with Crippen LogP contribution < -0.4 is 5.32 Å². The van der Waals surface area contributed by atoms with E-state index in [0.717, 1.165) is 6.07 Å². The second-order valence-corrected chi connectivity index (χ2v) is 4.19. The summed E-state index contributed by atoms with van der Waals surface area (Å²) >= 11 is 0. The molecule has 6 heteroatoms. The summed E-state index contributed by atoms with van der Waals surface area (Å²) in [6.45, 7) is 0.388. The van der Waals surface area contributed by atoms with E-state index in [1.807, 2.05) is 0 Å². The summed E-state index contributed by atoms with van der Waals surface area (Å²) in [7, 11) is 0. The summed E-state index contributed by atoms with van der Waals surface area (Å²) in [6, 6.07) is 6.11. The van der Waals surface area contributed by atoms with Gasteiger partial charge in [0.25, 0.3) is 0 Å². The summed E-state index contributed by atoms with van der Waals surface area (Å²) in [5.41, 5.74) is 0.642. The van der Waals surface area contributed by atoms with Crippen molar-refractivity contribution in [3.63, 3.8) is 0 Å². The Morgan fingerprint density at radius 2 is 1.90 bits per heavy atom. The van der Waals surface area contributed by atoms with E-state index in [4.69, 9.17) is 5.11 Å². The fourth-order valence-electron chi connectivity index (χ4n) is 1.75. The number of carbonyl (C=O) groups is 1. The van der Waals surface area contributed by atoms with Crippen molar-refractivity contribution in [3.8, 4) is 0 Å². The fourth-order valence-corrected chi connectivity index (χ4v) is 1.75. The first kappa shape index (κ1) is 13.9. The van der Waals surface area contributed by atoms with Crippen LogP contribution >= 0.6 is 0 Å². The number of anilines is 1. The number of carboxylic acids is 1. The Hall–Kier alpha value is -2.50. The molecule has 104 valence electrons. The van der Waals surface area contributed by atoms with E-state index in [9.17, 15) is 13.6 Å². The smallest absolute Gasteiger partial charge is 0.335 e. The molecule has 0 saturated carbocycles. The number of aromatic carboxylic acids is 1. The Bertz CT molecular complexity index is 612. The van der Waals surface area contributed by atoms with Gasteiger partial charge in [0.1, 0.15) is 17.5 Å². The van der Waals surface area contributed by atoms with E-state index in [1.165, 1.54) is 30.5 Å². The van der Waals surface area contributed by atoms with Crippen LogP contribution in [0, 0.1) is 11.6 Å². The van der Waals surface area contributed by atoms with Crippen LogP contribution in [0.3, 0.4) is 0 Å². The van der Waals surface area contributed by atoms with Gasteiger partial charge in [0, 0.05) is 18.8 Å². The first-order chi connectivity index (χ1) is 9.54. The van der Waals surface area contributed by atoms with Crippen molar-refractivity contribution in [2.45, 2.75) is 6.42 Å². The lowest BCUT2D eigenvalue weighted by atomic mass is 10.1. The van der Waals surface area contributed by atoms with E-state index in [-0.39, 0.29) is 5.56 Å². The van der Waals surface area contributed by atoms with Crippen LogP contribution in [0.5, 0.6) is 0 Å². The molecule has 0 bridgehead atoms. The van der Waals surface area contributed by atoms with Gasteiger partial charge in [0.2, 0.25) is 0 Å². The molecule has 0 unspecified atom stereocenters. The summed E-state index contributed by atoms with van der Waals surface area (Å²) in [5.74, 6) is -1.87.